The molecule has 1 aliphatic heterocycles. The van der Waals surface area contributed by atoms with Gasteiger partial charge in [0, 0.05) is 38.3 Å². The number of nitrogens with one attached hydrogen (secondary N) is 1. The molecule has 1 aliphatic rings. The molecule has 6 nitrogen and oxygen atoms in total. The summed E-state index contributed by atoms with van der Waals surface area (Å²) in [6, 6.07) is 12.7. The molecule has 28 heavy (non-hydrogen) atoms. The first kappa shape index (κ1) is 20.5. The molecule has 7 heteroatoms. The maximum absolute atomic E-state index is 13.0. The van der Waals surface area contributed by atoms with Gasteiger partial charge in [-0.05, 0) is 44.2 Å². The van der Waals surface area contributed by atoms with Crippen LogP contribution < -0.4 is 5.32 Å². The number of carbonyl (C=O) groups excluding carboxylic acids is 1. The lowest BCUT2D eigenvalue weighted by molar-refractivity contribution is 0.0950. The third-order valence-corrected chi connectivity index (χ3v) is 7.02. The van der Waals surface area contributed by atoms with Crippen LogP contribution in [-0.4, -0.2) is 56.8 Å². The molecule has 1 heterocycles. The second kappa shape index (κ2) is 8.43. The van der Waals surface area contributed by atoms with E-state index in [1.807, 2.05) is 45.2 Å². The SMILES string of the molecule is Cc1ccc(CNC(=O)c2cc(S(=O)(=O)N3CCN(C)CC3)ccc2C)cc1. The van der Waals surface area contributed by atoms with Crippen LogP contribution in [0.1, 0.15) is 27.0 Å². The van der Waals surface area contributed by atoms with Crippen LogP contribution in [0.3, 0.4) is 0 Å². The first-order valence-corrected chi connectivity index (χ1v) is 10.8. The molecular weight excluding hydrogens is 374 g/mol. The molecule has 0 aromatic heterocycles. The van der Waals surface area contributed by atoms with Gasteiger partial charge in [-0.25, -0.2) is 8.42 Å². The van der Waals surface area contributed by atoms with Gasteiger partial charge in [0.1, 0.15) is 0 Å². The quantitative estimate of drug-likeness (QED) is 0.834. The predicted molar refractivity (Wildman–Crippen MR) is 110 cm³/mol. The van der Waals surface area contributed by atoms with Crippen molar-refractivity contribution in [3.8, 4) is 0 Å². The molecule has 0 saturated carbocycles. The molecule has 0 radical (unpaired) electrons. The highest BCUT2D eigenvalue weighted by atomic mass is 32.2. The number of amides is 1. The summed E-state index contributed by atoms with van der Waals surface area (Å²) in [6.07, 6.45) is 0. The molecular formula is C21H27N3O3S. The topological polar surface area (TPSA) is 69.7 Å². The van der Waals surface area contributed by atoms with Gasteiger partial charge in [0.05, 0.1) is 4.90 Å². The summed E-state index contributed by atoms with van der Waals surface area (Å²) >= 11 is 0. The van der Waals surface area contributed by atoms with Gasteiger partial charge in [0.15, 0.2) is 0 Å². The van der Waals surface area contributed by atoms with Gasteiger partial charge < -0.3 is 10.2 Å². The van der Waals surface area contributed by atoms with Crippen LogP contribution in [0.25, 0.3) is 0 Å². The second-order valence-electron chi connectivity index (χ2n) is 7.35. The average Bonchev–Trinajstić information content (AvgIpc) is 2.68. The minimum absolute atomic E-state index is 0.170. The normalized spacial score (nSPS) is 16.1. The molecule has 0 aliphatic carbocycles. The summed E-state index contributed by atoms with van der Waals surface area (Å²) in [5, 5.41) is 2.89. The number of sulfonamides is 1. The van der Waals surface area contributed by atoms with Crippen LogP contribution in [0.2, 0.25) is 0 Å². The molecule has 0 unspecified atom stereocenters. The maximum Gasteiger partial charge on any atom is 0.251 e. The van der Waals surface area contributed by atoms with Crippen LogP contribution in [0, 0.1) is 13.8 Å². The molecule has 0 atom stereocenters. The number of aryl methyl sites for hydroxylation is 2. The minimum atomic E-state index is -3.60. The van der Waals surface area contributed by atoms with Crippen molar-refractivity contribution in [1.29, 1.82) is 0 Å². The Morgan fingerprint density at radius 3 is 2.29 bits per heavy atom. The Labute approximate surface area is 167 Å². The largest absolute Gasteiger partial charge is 0.348 e. The predicted octanol–water partition coefficient (Wildman–Crippen LogP) is 2.17. The third kappa shape index (κ3) is 4.60. The molecule has 1 saturated heterocycles. The number of likely N-dealkylation sites (N-methyl/N-ethyl adjacent to an activating group) is 1. The molecule has 150 valence electrons. The van der Waals surface area contributed by atoms with Crippen LogP contribution in [-0.2, 0) is 16.6 Å². The first-order valence-electron chi connectivity index (χ1n) is 9.40. The highest BCUT2D eigenvalue weighted by Crippen LogP contribution is 2.21. The molecule has 0 spiro atoms. The molecule has 2 aromatic rings. The van der Waals surface area contributed by atoms with E-state index in [0.29, 0.717) is 38.3 Å². The summed E-state index contributed by atoms with van der Waals surface area (Å²) in [7, 11) is -1.62. The number of benzene rings is 2. The van der Waals surface area contributed by atoms with E-state index in [1.54, 1.807) is 12.1 Å². The number of carbonyl (C=O) groups is 1. The molecule has 2 aromatic carbocycles. The van der Waals surface area contributed by atoms with Crippen LogP contribution in [0.5, 0.6) is 0 Å². The Bertz CT molecular complexity index is 947. The summed E-state index contributed by atoms with van der Waals surface area (Å²) in [6.45, 7) is 6.55. The zero-order valence-corrected chi connectivity index (χ0v) is 17.4. The second-order valence-corrected chi connectivity index (χ2v) is 9.29. The number of piperazine rings is 1. The zero-order valence-electron chi connectivity index (χ0n) is 16.6. The zero-order chi connectivity index (χ0) is 20.3. The fourth-order valence-electron chi connectivity index (χ4n) is 3.17. The summed E-state index contributed by atoms with van der Waals surface area (Å²) in [5.74, 6) is -0.270. The highest BCUT2D eigenvalue weighted by Gasteiger charge is 2.28. The van der Waals surface area contributed by atoms with Gasteiger partial charge in [-0.15, -0.1) is 0 Å². The van der Waals surface area contributed by atoms with Crippen LogP contribution >= 0.6 is 0 Å². The van der Waals surface area contributed by atoms with Gasteiger partial charge in [-0.1, -0.05) is 35.9 Å². The number of hydrogen-bond donors (Lipinski definition) is 1. The van der Waals surface area contributed by atoms with E-state index in [2.05, 4.69) is 10.2 Å². The van der Waals surface area contributed by atoms with Crippen LogP contribution in [0.4, 0.5) is 0 Å². The molecule has 1 fully saturated rings. The third-order valence-electron chi connectivity index (χ3n) is 5.13. The Morgan fingerprint density at radius 2 is 1.64 bits per heavy atom. The Balaban J connectivity index is 1.76. The van der Waals surface area contributed by atoms with Crippen molar-refractivity contribution < 1.29 is 13.2 Å². The van der Waals surface area contributed by atoms with Crippen molar-refractivity contribution in [3.63, 3.8) is 0 Å². The van der Waals surface area contributed by atoms with Crippen molar-refractivity contribution in [2.24, 2.45) is 0 Å². The lowest BCUT2D eigenvalue weighted by Gasteiger charge is -2.31. The van der Waals surface area contributed by atoms with E-state index in [4.69, 9.17) is 0 Å². The Morgan fingerprint density at radius 1 is 1.00 bits per heavy atom. The Kier molecular flexibility index (Phi) is 6.17. The van der Waals surface area contributed by atoms with E-state index < -0.39 is 10.0 Å². The van der Waals surface area contributed by atoms with Crippen molar-refractivity contribution in [3.05, 3.63) is 64.7 Å². The van der Waals surface area contributed by atoms with Crippen molar-refractivity contribution in [1.82, 2.24) is 14.5 Å². The summed E-state index contributed by atoms with van der Waals surface area (Å²) in [4.78, 5) is 14.9. The Hall–Kier alpha value is -2.22. The molecule has 0 bridgehead atoms. The molecule has 1 N–H and O–H groups in total. The highest BCUT2D eigenvalue weighted by molar-refractivity contribution is 7.89. The molecule has 3 rings (SSSR count). The van der Waals surface area contributed by atoms with E-state index in [9.17, 15) is 13.2 Å². The minimum Gasteiger partial charge on any atom is -0.348 e. The van der Waals surface area contributed by atoms with Crippen molar-refractivity contribution in [2.75, 3.05) is 33.2 Å². The van der Waals surface area contributed by atoms with Gasteiger partial charge in [0.25, 0.3) is 5.91 Å². The summed E-state index contributed by atoms with van der Waals surface area (Å²) < 4.78 is 27.4. The molecule has 1 amide bonds. The average molecular weight is 402 g/mol. The fraction of sp³-hybridized carbons (Fsp3) is 0.381. The van der Waals surface area contributed by atoms with E-state index >= 15 is 0 Å². The maximum atomic E-state index is 13.0. The lowest BCUT2D eigenvalue weighted by atomic mass is 10.1. The van der Waals surface area contributed by atoms with E-state index in [1.165, 1.54) is 10.4 Å². The first-order chi connectivity index (χ1) is 13.3. The van der Waals surface area contributed by atoms with Gasteiger partial charge in [-0.3, -0.25) is 4.79 Å². The standard InChI is InChI=1S/C21H27N3O3S/c1-16-4-7-18(8-5-16)15-22-21(25)20-14-19(9-6-17(20)2)28(26,27)24-12-10-23(3)11-13-24/h4-9,14H,10-13,15H2,1-3H3,(H,22,25). The number of rotatable bonds is 5. The van der Waals surface area contributed by atoms with Crippen LogP contribution in [0.15, 0.2) is 47.4 Å². The van der Waals surface area contributed by atoms with Gasteiger partial charge in [-0.2, -0.15) is 4.31 Å². The lowest BCUT2D eigenvalue weighted by Crippen LogP contribution is -2.47. The number of nitrogens with zero attached hydrogens (tertiary/aromatic N) is 2. The van der Waals surface area contributed by atoms with E-state index in [-0.39, 0.29) is 10.8 Å². The van der Waals surface area contributed by atoms with Crippen molar-refractivity contribution in [2.45, 2.75) is 25.3 Å². The monoisotopic (exact) mass is 401 g/mol. The van der Waals surface area contributed by atoms with E-state index in [0.717, 1.165) is 16.7 Å². The number of hydrogen-bond acceptors (Lipinski definition) is 4. The fourth-order valence-corrected chi connectivity index (χ4v) is 4.62. The van der Waals surface area contributed by atoms with Crippen molar-refractivity contribution >= 4 is 15.9 Å². The summed E-state index contributed by atoms with van der Waals surface area (Å²) in [5.41, 5.74) is 3.30. The smallest absolute Gasteiger partial charge is 0.251 e. The van der Waals surface area contributed by atoms with Gasteiger partial charge in [0.2, 0.25) is 10.0 Å². The van der Waals surface area contributed by atoms with Gasteiger partial charge >= 0.3 is 0 Å².